The van der Waals surface area contributed by atoms with E-state index in [9.17, 15) is 8.42 Å². The van der Waals surface area contributed by atoms with E-state index in [1.54, 1.807) is 13.1 Å². The molecule has 19 heavy (non-hydrogen) atoms. The molecule has 0 saturated heterocycles. The van der Waals surface area contributed by atoms with Crippen LogP contribution in [0, 0.1) is 0 Å². The number of nitrogens with zero attached hydrogens (tertiary/aromatic N) is 1. The van der Waals surface area contributed by atoms with Crippen molar-refractivity contribution in [2.75, 3.05) is 7.05 Å². The lowest BCUT2D eigenvalue weighted by molar-refractivity contribution is 0.250. The van der Waals surface area contributed by atoms with Crippen LogP contribution in [0.1, 0.15) is 19.3 Å². The van der Waals surface area contributed by atoms with Gasteiger partial charge in [-0.3, -0.25) is 0 Å². The van der Waals surface area contributed by atoms with E-state index in [-0.39, 0.29) is 6.04 Å². The molecule has 0 aromatic heterocycles. The first-order valence-corrected chi connectivity index (χ1v) is 8.00. The Morgan fingerprint density at radius 3 is 2.42 bits per heavy atom. The van der Waals surface area contributed by atoms with E-state index < -0.39 is 10.0 Å². The SMILES string of the molecule is CN(C1CCC1)S(=O)(=O)c1cccc2ccccc12. The van der Waals surface area contributed by atoms with Crippen molar-refractivity contribution in [2.24, 2.45) is 0 Å². The number of rotatable bonds is 3. The van der Waals surface area contributed by atoms with Crippen LogP contribution in [0.2, 0.25) is 0 Å². The van der Waals surface area contributed by atoms with Gasteiger partial charge in [0.05, 0.1) is 4.90 Å². The normalized spacial score (nSPS) is 16.7. The number of hydrogen-bond donors (Lipinski definition) is 0. The van der Waals surface area contributed by atoms with Crippen molar-refractivity contribution < 1.29 is 8.42 Å². The van der Waals surface area contributed by atoms with Gasteiger partial charge in [0.25, 0.3) is 0 Å². The molecule has 0 amide bonds. The molecule has 4 heteroatoms. The Morgan fingerprint density at radius 1 is 1.05 bits per heavy atom. The third-order valence-electron chi connectivity index (χ3n) is 4.00. The van der Waals surface area contributed by atoms with E-state index in [0.29, 0.717) is 4.90 Å². The Bertz CT molecular complexity index is 700. The Kier molecular flexibility index (Phi) is 3.07. The summed E-state index contributed by atoms with van der Waals surface area (Å²) in [6.07, 6.45) is 3.07. The average Bonchev–Trinajstić information content (AvgIpc) is 2.36. The first-order chi connectivity index (χ1) is 9.10. The smallest absolute Gasteiger partial charge is 0.207 e. The van der Waals surface area contributed by atoms with Gasteiger partial charge in [0, 0.05) is 18.5 Å². The fraction of sp³-hybridized carbons (Fsp3) is 0.333. The van der Waals surface area contributed by atoms with Crippen LogP contribution < -0.4 is 0 Å². The van der Waals surface area contributed by atoms with Gasteiger partial charge in [-0.15, -0.1) is 0 Å². The molecule has 3 nitrogen and oxygen atoms in total. The summed E-state index contributed by atoms with van der Waals surface area (Å²) in [5.41, 5.74) is 0. The van der Waals surface area contributed by atoms with Crippen molar-refractivity contribution in [3.63, 3.8) is 0 Å². The largest absolute Gasteiger partial charge is 0.243 e. The average molecular weight is 275 g/mol. The second kappa shape index (κ2) is 4.62. The van der Waals surface area contributed by atoms with Crippen molar-refractivity contribution in [2.45, 2.75) is 30.2 Å². The van der Waals surface area contributed by atoms with Gasteiger partial charge >= 0.3 is 0 Å². The molecular formula is C15H17NO2S. The molecule has 1 fully saturated rings. The summed E-state index contributed by atoms with van der Waals surface area (Å²) in [4.78, 5) is 0.417. The minimum Gasteiger partial charge on any atom is -0.207 e. The van der Waals surface area contributed by atoms with Gasteiger partial charge in [-0.25, -0.2) is 8.42 Å². The van der Waals surface area contributed by atoms with Crippen LogP contribution >= 0.6 is 0 Å². The van der Waals surface area contributed by atoms with E-state index in [1.165, 1.54) is 4.31 Å². The summed E-state index contributed by atoms with van der Waals surface area (Å²) in [5.74, 6) is 0. The minimum absolute atomic E-state index is 0.170. The highest BCUT2D eigenvalue weighted by molar-refractivity contribution is 7.89. The van der Waals surface area contributed by atoms with Crippen LogP contribution in [0.5, 0.6) is 0 Å². The number of benzene rings is 2. The van der Waals surface area contributed by atoms with Crippen LogP contribution in [0.15, 0.2) is 47.4 Å². The fourth-order valence-electron chi connectivity index (χ4n) is 2.52. The van der Waals surface area contributed by atoms with Crippen LogP contribution in [-0.4, -0.2) is 25.8 Å². The second-order valence-electron chi connectivity index (χ2n) is 5.08. The Balaban J connectivity index is 2.12. The summed E-state index contributed by atoms with van der Waals surface area (Å²) in [6, 6.07) is 13.2. The zero-order valence-corrected chi connectivity index (χ0v) is 11.7. The third-order valence-corrected chi connectivity index (χ3v) is 5.96. The number of fused-ring (bicyclic) bond motifs is 1. The lowest BCUT2D eigenvalue weighted by Crippen LogP contribution is -2.41. The molecule has 0 spiro atoms. The molecule has 2 aromatic rings. The van der Waals surface area contributed by atoms with Gasteiger partial charge in [-0.2, -0.15) is 4.31 Å². The van der Waals surface area contributed by atoms with E-state index in [4.69, 9.17) is 0 Å². The minimum atomic E-state index is -3.39. The van der Waals surface area contributed by atoms with Gasteiger partial charge in [0.15, 0.2) is 0 Å². The quantitative estimate of drug-likeness (QED) is 0.863. The molecule has 0 atom stereocenters. The van der Waals surface area contributed by atoms with Crippen molar-refractivity contribution in [3.05, 3.63) is 42.5 Å². The van der Waals surface area contributed by atoms with Crippen LogP contribution in [0.3, 0.4) is 0 Å². The Labute approximate surface area is 113 Å². The highest BCUT2D eigenvalue weighted by Gasteiger charge is 2.32. The molecule has 1 aliphatic carbocycles. The zero-order valence-electron chi connectivity index (χ0n) is 10.9. The Hall–Kier alpha value is -1.39. The molecule has 0 aliphatic heterocycles. The van der Waals surface area contributed by atoms with Gasteiger partial charge < -0.3 is 0 Å². The van der Waals surface area contributed by atoms with E-state index in [2.05, 4.69) is 0 Å². The maximum Gasteiger partial charge on any atom is 0.243 e. The number of sulfonamides is 1. The first kappa shape index (κ1) is 12.6. The lowest BCUT2D eigenvalue weighted by Gasteiger charge is -2.34. The molecule has 2 aromatic carbocycles. The maximum atomic E-state index is 12.7. The van der Waals surface area contributed by atoms with Crippen molar-refractivity contribution in [1.82, 2.24) is 4.31 Å². The van der Waals surface area contributed by atoms with Crippen LogP contribution in [0.25, 0.3) is 10.8 Å². The molecule has 0 unspecified atom stereocenters. The summed E-state index contributed by atoms with van der Waals surface area (Å²) in [6.45, 7) is 0. The van der Waals surface area contributed by atoms with Crippen molar-refractivity contribution >= 4 is 20.8 Å². The topological polar surface area (TPSA) is 37.4 Å². The summed E-state index contributed by atoms with van der Waals surface area (Å²) >= 11 is 0. The predicted octanol–water partition coefficient (Wildman–Crippen LogP) is 3.01. The highest BCUT2D eigenvalue weighted by Crippen LogP contribution is 2.31. The maximum absolute atomic E-state index is 12.7. The second-order valence-corrected chi connectivity index (χ2v) is 7.05. The molecule has 3 rings (SSSR count). The van der Waals surface area contributed by atoms with Gasteiger partial charge in [-0.1, -0.05) is 42.8 Å². The molecule has 0 bridgehead atoms. The fourth-order valence-corrected chi connectivity index (χ4v) is 4.15. The molecule has 0 N–H and O–H groups in total. The van der Waals surface area contributed by atoms with E-state index in [0.717, 1.165) is 30.0 Å². The first-order valence-electron chi connectivity index (χ1n) is 6.56. The molecule has 100 valence electrons. The number of hydrogen-bond acceptors (Lipinski definition) is 2. The van der Waals surface area contributed by atoms with Gasteiger partial charge in [-0.05, 0) is 24.3 Å². The van der Waals surface area contributed by atoms with Crippen molar-refractivity contribution in [3.8, 4) is 0 Å². The molecule has 1 saturated carbocycles. The standard InChI is InChI=1S/C15H17NO2S/c1-16(13-8-5-9-13)19(17,18)15-11-4-7-12-6-2-3-10-14(12)15/h2-4,6-7,10-11,13H,5,8-9H2,1H3. The van der Waals surface area contributed by atoms with Gasteiger partial charge in [0.1, 0.15) is 0 Å². The highest BCUT2D eigenvalue weighted by atomic mass is 32.2. The van der Waals surface area contributed by atoms with Crippen molar-refractivity contribution in [1.29, 1.82) is 0 Å². The summed E-state index contributed by atoms with van der Waals surface area (Å²) < 4.78 is 27.0. The molecule has 0 heterocycles. The van der Waals surface area contributed by atoms with Crippen LogP contribution in [-0.2, 0) is 10.0 Å². The third kappa shape index (κ3) is 2.05. The monoisotopic (exact) mass is 275 g/mol. The summed E-state index contributed by atoms with van der Waals surface area (Å²) in [5, 5.41) is 1.77. The van der Waals surface area contributed by atoms with E-state index in [1.807, 2.05) is 36.4 Å². The summed E-state index contributed by atoms with van der Waals surface area (Å²) in [7, 11) is -1.70. The molecule has 0 radical (unpaired) electrons. The predicted molar refractivity (Wildman–Crippen MR) is 76.5 cm³/mol. The lowest BCUT2D eigenvalue weighted by atomic mass is 9.94. The van der Waals surface area contributed by atoms with Crippen LogP contribution in [0.4, 0.5) is 0 Å². The zero-order chi connectivity index (χ0) is 13.5. The molecular weight excluding hydrogens is 258 g/mol. The van der Waals surface area contributed by atoms with Gasteiger partial charge in [0.2, 0.25) is 10.0 Å². The Morgan fingerprint density at radius 2 is 1.74 bits per heavy atom. The van der Waals surface area contributed by atoms with E-state index >= 15 is 0 Å². The molecule has 1 aliphatic rings.